The molecule has 2 aromatic rings. The first-order chi connectivity index (χ1) is 13.5. The monoisotopic (exact) mass is 381 g/mol. The molecule has 0 saturated heterocycles. The molecule has 0 bridgehead atoms. The van der Waals surface area contributed by atoms with Gasteiger partial charge in [-0.2, -0.15) is 0 Å². The Labute approximate surface area is 165 Å². The van der Waals surface area contributed by atoms with Crippen LogP contribution in [0.3, 0.4) is 0 Å². The molecular formula is C22H27N3O3. The number of unbranched alkanes of at least 4 members (excludes halogenated alkanes) is 3. The fourth-order valence-electron chi connectivity index (χ4n) is 2.67. The minimum Gasteiger partial charge on any atom is -0.322 e. The lowest BCUT2D eigenvalue weighted by Crippen LogP contribution is -2.41. The third-order valence-electron chi connectivity index (χ3n) is 4.26. The molecule has 0 aliphatic rings. The molecule has 0 atom stereocenters. The number of amides is 3. The molecule has 28 heavy (non-hydrogen) atoms. The van der Waals surface area contributed by atoms with Gasteiger partial charge in [0, 0.05) is 23.2 Å². The maximum atomic E-state index is 12.3. The zero-order chi connectivity index (χ0) is 20.4. The maximum absolute atomic E-state index is 12.3. The van der Waals surface area contributed by atoms with Gasteiger partial charge in [-0.05, 0) is 49.7 Å². The lowest BCUT2D eigenvalue weighted by Gasteiger charge is -2.09. The van der Waals surface area contributed by atoms with Gasteiger partial charge in [0.05, 0.1) is 0 Å². The minimum atomic E-state index is -0.404. The highest BCUT2D eigenvalue weighted by molar-refractivity contribution is 6.04. The minimum absolute atomic E-state index is 0.202. The van der Waals surface area contributed by atoms with Crippen LogP contribution in [-0.4, -0.2) is 17.7 Å². The van der Waals surface area contributed by atoms with Crippen LogP contribution in [-0.2, 0) is 4.79 Å². The number of rotatable bonds is 8. The Morgan fingerprint density at radius 3 is 2.25 bits per heavy atom. The van der Waals surface area contributed by atoms with E-state index in [-0.39, 0.29) is 11.8 Å². The van der Waals surface area contributed by atoms with Gasteiger partial charge in [0.25, 0.3) is 11.8 Å². The molecule has 0 aliphatic carbocycles. The number of hydrogen-bond acceptors (Lipinski definition) is 3. The number of carbonyl (C=O) groups excluding carboxylic acids is 3. The number of carbonyl (C=O) groups is 3. The summed E-state index contributed by atoms with van der Waals surface area (Å²) < 4.78 is 0. The molecule has 3 amide bonds. The average Bonchev–Trinajstić information content (AvgIpc) is 2.70. The predicted octanol–water partition coefficient (Wildman–Crippen LogP) is 3.98. The summed E-state index contributed by atoms with van der Waals surface area (Å²) in [6.07, 6.45) is 4.43. The number of anilines is 1. The molecule has 6 heteroatoms. The summed E-state index contributed by atoms with van der Waals surface area (Å²) in [5.74, 6) is -0.818. The van der Waals surface area contributed by atoms with Crippen LogP contribution in [0.4, 0.5) is 5.69 Å². The summed E-state index contributed by atoms with van der Waals surface area (Å²) in [5.41, 5.74) is 7.38. The predicted molar refractivity (Wildman–Crippen MR) is 110 cm³/mol. The van der Waals surface area contributed by atoms with Gasteiger partial charge in [0.2, 0.25) is 5.91 Å². The molecule has 2 aromatic carbocycles. The van der Waals surface area contributed by atoms with Gasteiger partial charge in [-0.1, -0.05) is 43.9 Å². The second kappa shape index (κ2) is 10.9. The van der Waals surface area contributed by atoms with Crippen molar-refractivity contribution in [1.82, 2.24) is 10.9 Å². The quantitative estimate of drug-likeness (QED) is 0.477. The Kier molecular flexibility index (Phi) is 8.21. The highest BCUT2D eigenvalue weighted by atomic mass is 16.2. The van der Waals surface area contributed by atoms with Gasteiger partial charge in [0.1, 0.15) is 0 Å². The third kappa shape index (κ3) is 6.87. The summed E-state index contributed by atoms with van der Waals surface area (Å²) in [4.78, 5) is 36.1. The first-order valence-electron chi connectivity index (χ1n) is 9.57. The fraction of sp³-hybridized carbons (Fsp3) is 0.318. The molecule has 2 rings (SSSR count). The van der Waals surface area contributed by atoms with Crippen molar-refractivity contribution < 1.29 is 14.4 Å². The lowest BCUT2D eigenvalue weighted by molar-refractivity contribution is -0.122. The summed E-state index contributed by atoms with van der Waals surface area (Å²) in [5, 5.41) is 2.79. The first kappa shape index (κ1) is 21.2. The summed E-state index contributed by atoms with van der Waals surface area (Å²) in [6, 6.07) is 13.8. The number of benzene rings is 2. The van der Waals surface area contributed by atoms with Crippen molar-refractivity contribution in [3.05, 3.63) is 65.2 Å². The highest BCUT2D eigenvalue weighted by Gasteiger charge is 2.09. The molecule has 0 aliphatic heterocycles. The molecule has 6 nitrogen and oxygen atoms in total. The molecule has 0 aromatic heterocycles. The first-order valence-corrected chi connectivity index (χ1v) is 9.57. The molecular weight excluding hydrogens is 354 g/mol. The van der Waals surface area contributed by atoms with Gasteiger partial charge < -0.3 is 5.32 Å². The van der Waals surface area contributed by atoms with E-state index in [2.05, 4.69) is 23.1 Å². The second-order valence-electron chi connectivity index (χ2n) is 6.71. The number of nitrogens with one attached hydrogen (secondary N) is 3. The third-order valence-corrected chi connectivity index (χ3v) is 4.26. The van der Waals surface area contributed by atoms with E-state index in [1.54, 1.807) is 30.3 Å². The lowest BCUT2D eigenvalue weighted by atomic mass is 10.1. The standard InChI is InChI=1S/C22H27N3O3/c1-3-4-5-6-10-20(26)24-25-22(28)17-11-13-19(14-12-17)23-21(27)18-9-7-8-16(2)15-18/h7-9,11-15H,3-6,10H2,1-2H3,(H,23,27)(H,24,26)(H,25,28). The van der Waals surface area contributed by atoms with Crippen LogP contribution in [0.15, 0.2) is 48.5 Å². The van der Waals surface area contributed by atoms with E-state index in [4.69, 9.17) is 0 Å². The largest absolute Gasteiger partial charge is 0.322 e. The normalized spacial score (nSPS) is 10.2. The van der Waals surface area contributed by atoms with E-state index >= 15 is 0 Å². The van der Waals surface area contributed by atoms with E-state index in [1.807, 2.05) is 25.1 Å². The van der Waals surface area contributed by atoms with Crippen molar-refractivity contribution in [2.45, 2.75) is 46.0 Å². The van der Waals surface area contributed by atoms with Gasteiger partial charge >= 0.3 is 0 Å². The molecule has 148 valence electrons. The molecule has 0 saturated carbocycles. The number of hydrazine groups is 1. The van der Waals surface area contributed by atoms with E-state index < -0.39 is 5.91 Å². The molecule has 3 N–H and O–H groups in total. The Bertz CT molecular complexity index is 816. The van der Waals surface area contributed by atoms with Crippen molar-refractivity contribution >= 4 is 23.4 Å². The smallest absolute Gasteiger partial charge is 0.269 e. The van der Waals surface area contributed by atoms with E-state index in [0.717, 1.165) is 31.2 Å². The molecule has 0 heterocycles. The van der Waals surface area contributed by atoms with E-state index in [0.29, 0.717) is 23.2 Å². The summed E-state index contributed by atoms with van der Waals surface area (Å²) >= 11 is 0. The summed E-state index contributed by atoms with van der Waals surface area (Å²) in [6.45, 7) is 4.04. The zero-order valence-electron chi connectivity index (χ0n) is 16.4. The number of aryl methyl sites for hydroxylation is 1. The molecule has 0 unspecified atom stereocenters. The topological polar surface area (TPSA) is 87.3 Å². The van der Waals surface area contributed by atoms with Crippen molar-refractivity contribution in [2.24, 2.45) is 0 Å². The van der Waals surface area contributed by atoms with Crippen LogP contribution in [0.5, 0.6) is 0 Å². The Morgan fingerprint density at radius 2 is 1.57 bits per heavy atom. The van der Waals surface area contributed by atoms with Gasteiger partial charge in [-0.25, -0.2) is 0 Å². The number of hydrogen-bond donors (Lipinski definition) is 3. The average molecular weight is 381 g/mol. The van der Waals surface area contributed by atoms with Gasteiger partial charge in [-0.15, -0.1) is 0 Å². The summed E-state index contributed by atoms with van der Waals surface area (Å²) in [7, 11) is 0. The molecule has 0 fully saturated rings. The van der Waals surface area contributed by atoms with Crippen LogP contribution in [0.25, 0.3) is 0 Å². The second-order valence-corrected chi connectivity index (χ2v) is 6.71. The van der Waals surface area contributed by atoms with E-state index in [1.165, 1.54) is 0 Å². The van der Waals surface area contributed by atoms with Gasteiger partial charge in [0.15, 0.2) is 0 Å². The SMILES string of the molecule is CCCCCCC(=O)NNC(=O)c1ccc(NC(=O)c2cccc(C)c2)cc1. The molecule has 0 radical (unpaired) electrons. The Balaban J connectivity index is 1.82. The van der Waals surface area contributed by atoms with Crippen LogP contribution in [0, 0.1) is 6.92 Å². The Morgan fingerprint density at radius 1 is 0.821 bits per heavy atom. The Hall–Kier alpha value is -3.15. The van der Waals surface area contributed by atoms with Crippen LogP contribution < -0.4 is 16.2 Å². The van der Waals surface area contributed by atoms with E-state index in [9.17, 15) is 14.4 Å². The fourth-order valence-corrected chi connectivity index (χ4v) is 2.67. The van der Waals surface area contributed by atoms with Crippen LogP contribution in [0.1, 0.15) is 65.3 Å². The van der Waals surface area contributed by atoms with Crippen molar-refractivity contribution in [2.75, 3.05) is 5.32 Å². The van der Waals surface area contributed by atoms with Crippen molar-refractivity contribution in [3.8, 4) is 0 Å². The van der Waals surface area contributed by atoms with Crippen LogP contribution in [0.2, 0.25) is 0 Å². The zero-order valence-corrected chi connectivity index (χ0v) is 16.4. The van der Waals surface area contributed by atoms with Crippen molar-refractivity contribution in [1.29, 1.82) is 0 Å². The van der Waals surface area contributed by atoms with Gasteiger partial charge in [-0.3, -0.25) is 25.2 Å². The van der Waals surface area contributed by atoms with Crippen molar-refractivity contribution in [3.63, 3.8) is 0 Å². The molecule has 0 spiro atoms. The maximum Gasteiger partial charge on any atom is 0.269 e. The van der Waals surface area contributed by atoms with Crippen LogP contribution >= 0.6 is 0 Å². The highest BCUT2D eigenvalue weighted by Crippen LogP contribution is 2.12.